The molecular formula is C54H105O6V-3. The molecule has 0 bridgehead atoms. The van der Waals surface area contributed by atoms with Crippen molar-refractivity contribution >= 4 is 17.9 Å². The first-order valence-electron chi connectivity index (χ1n) is 26.9. The number of rotatable bonds is 48. The third-order valence-corrected chi connectivity index (χ3v) is 12.0. The second-order valence-electron chi connectivity index (χ2n) is 18.2. The predicted octanol–water partition coefficient (Wildman–Crippen LogP) is 15.0. The molecule has 0 aromatic rings. The molecule has 0 atom stereocenters. The van der Waals surface area contributed by atoms with Crippen molar-refractivity contribution in [1.82, 2.24) is 0 Å². The molecule has 0 aromatic heterocycles. The maximum absolute atomic E-state index is 10.2. The third kappa shape index (κ3) is 76.7. The van der Waals surface area contributed by atoms with E-state index in [1.54, 1.807) is 0 Å². The van der Waals surface area contributed by atoms with Gasteiger partial charge in [-0.05, 0) is 38.5 Å². The summed E-state index contributed by atoms with van der Waals surface area (Å²) in [7, 11) is 0. The van der Waals surface area contributed by atoms with Crippen molar-refractivity contribution in [2.75, 3.05) is 0 Å². The molecule has 0 unspecified atom stereocenters. The molecule has 0 rings (SSSR count). The first-order valence-corrected chi connectivity index (χ1v) is 26.9. The summed E-state index contributed by atoms with van der Waals surface area (Å²) in [5, 5.41) is 30.7. The zero-order valence-corrected chi connectivity index (χ0v) is 42.7. The number of unbranched alkanes of at least 4 members (excludes halogenated alkanes) is 42. The second-order valence-corrected chi connectivity index (χ2v) is 18.2. The number of carbonyl (C=O) groups excluding carboxylic acids is 3. The van der Waals surface area contributed by atoms with Crippen molar-refractivity contribution < 1.29 is 48.3 Å². The van der Waals surface area contributed by atoms with Gasteiger partial charge in [-0.15, -0.1) is 0 Å². The number of carboxylic acids is 3. The van der Waals surface area contributed by atoms with Gasteiger partial charge in [0.2, 0.25) is 0 Å². The zero-order chi connectivity index (χ0) is 44.7. The molecule has 7 heteroatoms. The average molecular weight is 901 g/mol. The van der Waals surface area contributed by atoms with Crippen LogP contribution >= 0.6 is 0 Å². The van der Waals surface area contributed by atoms with Gasteiger partial charge in [0.25, 0.3) is 0 Å². The fraction of sp³-hybridized carbons (Fsp3) is 0.944. The largest absolute Gasteiger partial charge is 0.550 e. The number of carboxylic acid groups (broad SMARTS) is 3. The van der Waals surface area contributed by atoms with E-state index >= 15 is 0 Å². The zero-order valence-electron chi connectivity index (χ0n) is 41.3. The van der Waals surface area contributed by atoms with Crippen LogP contribution in [-0.4, -0.2) is 17.9 Å². The van der Waals surface area contributed by atoms with Crippen LogP contribution in [0.15, 0.2) is 0 Å². The van der Waals surface area contributed by atoms with Gasteiger partial charge in [-0.1, -0.05) is 290 Å². The normalized spacial score (nSPS) is 10.7. The van der Waals surface area contributed by atoms with Crippen LogP contribution in [0.2, 0.25) is 0 Å². The molecule has 6 nitrogen and oxygen atoms in total. The van der Waals surface area contributed by atoms with Gasteiger partial charge in [-0.2, -0.15) is 0 Å². The van der Waals surface area contributed by atoms with Crippen molar-refractivity contribution in [2.45, 2.75) is 329 Å². The maximum Gasteiger partial charge on any atom is 0.0414 e. The Balaban J connectivity index is -0.000000396. The summed E-state index contributed by atoms with van der Waals surface area (Å²) in [5.74, 6) is -2.71. The monoisotopic (exact) mass is 901 g/mol. The van der Waals surface area contributed by atoms with Crippen LogP contribution in [-0.2, 0) is 32.9 Å². The quantitative estimate of drug-likeness (QED) is 0.0561. The van der Waals surface area contributed by atoms with Gasteiger partial charge in [-0.25, -0.2) is 0 Å². The Labute approximate surface area is 393 Å². The molecule has 0 N–H and O–H groups in total. The van der Waals surface area contributed by atoms with Gasteiger partial charge < -0.3 is 29.7 Å². The number of hydrogen-bond acceptors (Lipinski definition) is 6. The minimum absolute atomic E-state index is 0. The van der Waals surface area contributed by atoms with E-state index in [0.29, 0.717) is 0 Å². The van der Waals surface area contributed by atoms with Gasteiger partial charge in [0.1, 0.15) is 0 Å². The smallest absolute Gasteiger partial charge is 0.0414 e. The molecule has 0 heterocycles. The van der Waals surface area contributed by atoms with E-state index in [9.17, 15) is 29.7 Å². The maximum atomic E-state index is 10.2. The standard InChI is InChI=1S/3C18H36O2.V/c3*1-2-3-4-5-6-7-8-9-10-11-12-13-14-15-16-17-18(19)20;/h3*2-17H2,1H3,(H,19,20);/p-3. The molecule has 0 amide bonds. The molecule has 0 spiro atoms. The Morgan fingerprint density at radius 3 is 0.410 bits per heavy atom. The van der Waals surface area contributed by atoms with Crippen LogP contribution in [0.3, 0.4) is 0 Å². The summed E-state index contributed by atoms with van der Waals surface area (Å²) in [5.41, 5.74) is 0. The fourth-order valence-electron chi connectivity index (χ4n) is 7.92. The van der Waals surface area contributed by atoms with E-state index in [1.165, 1.54) is 250 Å². The Hall–Kier alpha value is -1.01. The molecule has 0 fully saturated rings. The van der Waals surface area contributed by atoms with Gasteiger partial charge in [0, 0.05) is 36.5 Å². The molecule has 0 aliphatic heterocycles. The molecule has 0 saturated carbocycles. The van der Waals surface area contributed by atoms with Gasteiger partial charge in [-0.3, -0.25) is 0 Å². The molecule has 0 aromatic carbocycles. The molecular weight excluding hydrogens is 796 g/mol. The Bertz CT molecular complexity index is 717. The van der Waals surface area contributed by atoms with Crippen molar-refractivity contribution in [2.24, 2.45) is 0 Å². The van der Waals surface area contributed by atoms with Crippen molar-refractivity contribution in [1.29, 1.82) is 0 Å². The Kier molecular flexibility index (Phi) is 69.1. The Morgan fingerprint density at radius 2 is 0.311 bits per heavy atom. The van der Waals surface area contributed by atoms with E-state index in [4.69, 9.17) is 0 Å². The van der Waals surface area contributed by atoms with Crippen LogP contribution in [0.4, 0.5) is 0 Å². The summed E-state index contributed by atoms with van der Waals surface area (Å²) in [6.07, 6.45) is 59.6. The molecule has 0 aliphatic carbocycles. The predicted molar refractivity (Wildman–Crippen MR) is 254 cm³/mol. The van der Waals surface area contributed by atoms with Crippen LogP contribution in [0.5, 0.6) is 0 Å². The van der Waals surface area contributed by atoms with Gasteiger partial charge in [0.15, 0.2) is 0 Å². The summed E-state index contributed by atoms with van der Waals surface area (Å²) in [6, 6.07) is 0. The number of carbonyl (C=O) groups is 3. The van der Waals surface area contributed by atoms with E-state index in [1.807, 2.05) is 0 Å². The van der Waals surface area contributed by atoms with Crippen LogP contribution in [0.25, 0.3) is 0 Å². The molecule has 61 heavy (non-hydrogen) atoms. The second kappa shape index (κ2) is 63.3. The minimum Gasteiger partial charge on any atom is -0.550 e. The van der Waals surface area contributed by atoms with Gasteiger partial charge >= 0.3 is 0 Å². The molecule has 1 radical (unpaired) electrons. The fourth-order valence-corrected chi connectivity index (χ4v) is 7.92. The SMILES string of the molecule is CCCCCCCCCCCCCCCCCC(=O)[O-].CCCCCCCCCCCCCCCCCC(=O)[O-].CCCCCCCCCCCCCCCCCC(=O)[O-].[V]. The summed E-state index contributed by atoms with van der Waals surface area (Å²) >= 11 is 0. The Morgan fingerprint density at radius 1 is 0.213 bits per heavy atom. The van der Waals surface area contributed by atoms with Crippen molar-refractivity contribution in [3.63, 3.8) is 0 Å². The average Bonchev–Trinajstić information content (AvgIpc) is 3.22. The van der Waals surface area contributed by atoms with Crippen LogP contribution < -0.4 is 15.3 Å². The van der Waals surface area contributed by atoms with E-state index < -0.39 is 17.9 Å². The summed E-state index contributed by atoms with van der Waals surface area (Å²) in [4.78, 5) is 30.7. The number of aliphatic carboxylic acids is 3. The topological polar surface area (TPSA) is 120 Å². The molecule has 0 saturated heterocycles. The van der Waals surface area contributed by atoms with Gasteiger partial charge in [0.05, 0.1) is 0 Å². The first-order chi connectivity index (χ1) is 29.3. The minimum atomic E-state index is -0.903. The third-order valence-electron chi connectivity index (χ3n) is 12.0. The molecule has 365 valence electrons. The number of hydrogen-bond donors (Lipinski definition) is 0. The van der Waals surface area contributed by atoms with E-state index in [2.05, 4.69) is 20.8 Å². The first kappa shape index (κ1) is 66.6. The van der Waals surface area contributed by atoms with Crippen LogP contribution in [0, 0.1) is 0 Å². The summed E-state index contributed by atoms with van der Waals surface area (Å²) < 4.78 is 0. The van der Waals surface area contributed by atoms with Crippen molar-refractivity contribution in [3.8, 4) is 0 Å². The van der Waals surface area contributed by atoms with E-state index in [0.717, 1.165) is 38.5 Å². The van der Waals surface area contributed by atoms with Crippen LogP contribution in [0.1, 0.15) is 329 Å². The van der Waals surface area contributed by atoms with Crippen molar-refractivity contribution in [3.05, 3.63) is 0 Å². The summed E-state index contributed by atoms with van der Waals surface area (Å²) in [6.45, 7) is 6.80. The van der Waals surface area contributed by atoms with E-state index in [-0.39, 0.29) is 37.8 Å². The molecule has 0 aliphatic rings.